The van der Waals surface area contributed by atoms with Gasteiger partial charge in [-0.2, -0.15) is 0 Å². The summed E-state index contributed by atoms with van der Waals surface area (Å²) in [5.41, 5.74) is 5.45. The summed E-state index contributed by atoms with van der Waals surface area (Å²) in [6.07, 6.45) is 3.64. The van der Waals surface area contributed by atoms with Gasteiger partial charge in [-0.05, 0) is 35.4 Å². The molecule has 0 spiro atoms. The number of anilines is 1. The van der Waals surface area contributed by atoms with Crippen LogP contribution >= 0.6 is 11.6 Å². The molecule has 4 aromatic rings. The smallest absolute Gasteiger partial charge is 0.137 e. The van der Waals surface area contributed by atoms with Crippen LogP contribution < -0.4 is 5.32 Å². The van der Waals surface area contributed by atoms with E-state index in [2.05, 4.69) is 51.7 Å². The van der Waals surface area contributed by atoms with E-state index in [4.69, 9.17) is 11.6 Å². The van der Waals surface area contributed by atoms with Gasteiger partial charge in [-0.15, -0.1) is 0 Å². The van der Waals surface area contributed by atoms with E-state index in [1.807, 2.05) is 30.5 Å². The molecule has 4 rings (SSSR count). The van der Waals surface area contributed by atoms with Crippen LogP contribution in [0.5, 0.6) is 0 Å². The molecular weight excluding hydrogens is 318 g/mol. The molecular formula is C20H16ClN3. The van der Waals surface area contributed by atoms with Gasteiger partial charge in [0.25, 0.3) is 0 Å². The van der Waals surface area contributed by atoms with Gasteiger partial charge in [0.1, 0.15) is 5.65 Å². The molecule has 0 saturated heterocycles. The SMILES string of the molecule is Clc1cnc2[nH]cc(-c3cccc(CNc4ccccc4)c3)c2c1. The maximum Gasteiger partial charge on any atom is 0.137 e. The van der Waals surface area contributed by atoms with Gasteiger partial charge in [0, 0.05) is 35.6 Å². The Balaban J connectivity index is 1.63. The number of aromatic amines is 1. The van der Waals surface area contributed by atoms with E-state index in [0.29, 0.717) is 5.02 Å². The third kappa shape index (κ3) is 2.99. The molecule has 0 aliphatic heterocycles. The van der Waals surface area contributed by atoms with Crippen LogP contribution in [-0.2, 0) is 6.54 Å². The first-order chi connectivity index (χ1) is 11.8. The normalized spacial score (nSPS) is 10.9. The highest BCUT2D eigenvalue weighted by atomic mass is 35.5. The summed E-state index contributed by atoms with van der Waals surface area (Å²) in [6.45, 7) is 0.777. The summed E-state index contributed by atoms with van der Waals surface area (Å²) in [6, 6.07) is 20.7. The summed E-state index contributed by atoms with van der Waals surface area (Å²) in [5.74, 6) is 0. The second-order valence-corrected chi connectivity index (χ2v) is 6.11. The fourth-order valence-electron chi connectivity index (χ4n) is 2.83. The van der Waals surface area contributed by atoms with E-state index in [1.165, 1.54) is 5.56 Å². The molecule has 2 aromatic carbocycles. The number of nitrogens with one attached hydrogen (secondary N) is 2. The summed E-state index contributed by atoms with van der Waals surface area (Å²) in [4.78, 5) is 7.53. The third-order valence-corrected chi connectivity index (χ3v) is 4.21. The number of pyridine rings is 1. The van der Waals surface area contributed by atoms with Crippen molar-refractivity contribution in [1.29, 1.82) is 0 Å². The zero-order valence-corrected chi connectivity index (χ0v) is 13.7. The van der Waals surface area contributed by atoms with Crippen LogP contribution in [0.3, 0.4) is 0 Å². The predicted octanol–water partition coefficient (Wildman–Crippen LogP) is 5.50. The lowest BCUT2D eigenvalue weighted by atomic mass is 10.0. The quantitative estimate of drug-likeness (QED) is 0.518. The predicted molar refractivity (Wildman–Crippen MR) is 100 cm³/mol. The number of rotatable bonds is 4. The number of halogens is 1. The molecule has 2 heterocycles. The van der Waals surface area contributed by atoms with Crippen molar-refractivity contribution < 1.29 is 0 Å². The Morgan fingerprint density at radius 2 is 1.88 bits per heavy atom. The Morgan fingerprint density at radius 3 is 2.75 bits per heavy atom. The number of H-pyrrole nitrogens is 1. The minimum absolute atomic E-state index is 0.644. The summed E-state index contributed by atoms with van der Waals surface area (Å²) < 4.78 is 0. The van der Waals surface area contributed by atoms with Gasteiger partial charge < -0.3 is 10.3 Å². The fraction of sp³-hybridized carbons (Fsp3) is 0.0500. The lowest BCUT2D eigenvalue weighted by molar-refractivity contribution is 1.15. The van der Waals surface area contributed by atoms with E-state index in [-0.39, 0.29) is 0 Å². The second kappa shape index (κ2) is 6.38. The molecule has 0 saturated carbocycles. The number of fused-ring (bicyclic) bond motifs is 1. The molecule has 0 bridgehead atoms. The van der Waals surface area contributed by atoms with Gasteiger partial charge in [0.2, 0.25) is 0 Å². The molecule has 3 nitrogen and oxygen atoms in total. The Morgan fingerprint density at radius 1 is 1.00 bits per heavy atom. The first kappa shape index (κ1) is 14.8. The molecule has 0 fully saturated rings. The van der Waals surface area contributed by atoms with Crippen molar-refractivity contribution in [3.63, 3.8) is 0 Å². The molecule has 0 amide bonds. The molecule has 0 radical (unpaired) electrons. The van der Waals surface area contributed by atoms with Crippen LogP contribution in [0.15, 0.2) is 73.1 Å². The molecule has 4 heteroatoms. The van der Waals surface area contributed by atoms with Crippen LogP contribution in [0.1, 0.15) is 5.56 Å². The van der Waals surface area contributed by atoms with Crippen molar-refractivity contribution in [2.45, 2.75) is 6.54 Å². The largest absolute Gasteiger partial charge is 0.381 e. The Bertz CT molecular complexity index is 977. The van der Waals surface area contributed by atoms with Crippen molar-refractivity contribution in [2.75, 3.05) is 5.32 Å². The van der Waals surface area contributed by atoms with Crippen LogP contribution in [0.4, 0.5) is 5.69 Å². The van der Waals surface area contributed by atoms with Crippen molar-refractivity contribution in [2.24, 2.45) is 0 Å². The number of hydrogen-bond acceptors (Lipinski definition) is 2. The Labute approximate surface area is 145 Å². The molecule has 24 heavy (non-hydrogen) atoms. The number of benzene rings is 2. The van der Waals surface area contributed by atoms with E-state index in [0.717, 1.165) is 34.4 Å². The topological polar surface area (TPSA) is 40.7 Å². The van der Waals surface area contributed by atoms with Crippen LogP contribution in [0, 0.1) is 0 Å². The first-order valence-corrected chi connectivity index (χ1v) is 8.18. The van der Waals surface area contributed by atoms with Gasteiger partial charge in [0.05, 0.1) is 5.02 Å². The monoisotopic (exact) mass is 333 g/mol. The standard InChI is InChI=1S/C20H16ClN3/c21-16-10-18-19(13-24-20(18)23-12-16)15-6-4-5-14(9-15)11-22-17-7-2-1-3-8-17/h1-10,12-13,22H,11H2,(H,23,24). The Hall–Kier alpha value is -2.78. The van der Waals surface area contributed by atoms with Gasteiger partial charge in [-0.1, -0.05) is 48.0 Å². The third-order valence-electron chi connectivity index (χ3n) is 4.01. The maximum atomic E-state index is 6.10. The van der Waals surface area contributed by atoms with Crippen molar-refractivity contribution in [1.82, 2.24) is 9.97 Å². The average molecular weight is 334 g/mol. The van der Waals surface area contributed by atoms with E-state index in [1.54, 1.807) is 6.20 Å². The minimum atomic E-state index is 0.644. The summed E-state index contributed by atoms with van der Waals surface area (Å²) >= 11 is 6.10. The first-order valence-electron chi connectivity index (χ1n) is 7.80. The summed E-state index contributed by atoms with van der Waals surface area (Å²) in [5, 5.41) is 5.12. The van der Waals surface area contributed by atoms with Crippen LogP contribution in [0.25, 0.3) is 22.2 Å². The molecule has 0 aliphatic rings. The molecule has 118 valence electrons. The van der Waals surface area contributed by atoms with Gasteiger partial charge in [0.15, 0.2) is 0 Å². The molecule has 0 unspecified atom stereocenters. The zero-order valence-electron chi connectivity index (χ0n) is 13.0. The van der Waals surface area contributed by atoms with Crippen LogP contribution in [-0.4, -0.2) is 9.97 Å². The van der Waals surface area contributed by atoms with Crippen molar-refractivity contribution >= 4 is 28.3 Å². The zero-order chi connectivity index (χ0) is 16.4. The highest BCUT2D eigenvalue weighted by Gasteiger charge is 2.08. The summed E-state index contributed by atoms with van der Waals surface area (Å²) in [7, 11) is 0. The van der Waals surface area contributed by atoms with Crippen molar-refractivity contribution in [3.8, 4) is 11.1 Å². The maximum absolute atomic E-state index is 6.10. The fourth-order valence-corrected chi connectivity index (χ4v) is 2.98. The number of nitrogens with zero attached hydrogens (tertiary/aromatic N) is 1. The van der Waals surface area contributed by atoms with E-state index < -0.39 is 0 Å². The van der Waals surface area contributed by atoms with Gasteiger partial charge in [-0.25, -0.2) is 4.98 Å². The highest BCUT2D eigenvalue weighted by molar-refractivity contribution is 6.31. The van der Waals surface area contributed by atoms with Crippen molar-refractivity contribution in [3.05, 3.63) is 83.6 Å². The highest BCUT2D eigenvalue weighted by Crippen LogP contribution is 2.30. The number of para-hydroxylation sites is 1. The molecule has 0 atom stereocenters. The van der Waals surface area contributed by atoms with E-state index >= 15 is 0 Å². The second-order valence-electron chi connectivity index (χ2n) is 5.67. The minimum Gasteiger partial charge on any atom is -0.381 e. The molecule has 0 aliphatic carbocycles. The van der Waals surface area contributed by atoms with E-state index in [9.17, 15) is 0 Å². The average Bonchev–Trinajstić information content (AvgIpc) is 3.04. The lowest BCUT2D eigenvalue weighted by Crippen LogP contribution is -1.98. The number of hydrogen-bond donors (Lipinski definition) is 2. The lowest BCUT2D eigenvalue weighted by Gasteiger charge is -2.08. The molecule has 2 N–H and O–H groups in total. The van der Waals surface area contributed by atoms with Gasteiger partial charge >= 0.3 is 0 Å². The number of aromatic nitrogens is 2. The van der Waals surface area contributed by atoms with Crippen LogP contribution in [0.2, 0.25) is 5.02 Å². The molecule has 2 aromatic heterocycles. The van der Waals surface area contributed by atoms with Gasteiger partial charge in [-0.3, -0.25) is 0 Å². The Kier molecular flexibility index (Phi) is 3.93.